The summed E-state index contributed by atoms with van der Waals surface area (Å²) in [6.45, 7) is 8.70. The zero-order chi connectivity index (χ0) is 16.9. The summed E-state index contributed by atoms with van der Waals surface area (Å²) in [5.41, 5.74) is 2.32. The van der Waals surface area contributed by atoms with Gasteiger partial charge in [-0.05, 0) is 36.9 Å². The van der Waals surface area contributed by atoms with Crippen molar-refractivity contribution in [3.05, 3.63) is 47.1 Å². The molecule has 0 aliphatic carbocycles. The number of piperazine rings is 1. The molecular formula is C18H24BrN4OS-. The van der Waals surface area contributed by atoms with E-state index in [1.807, 2.05) is 18.2 Å². The minimum Gasteiger partial charge on any atom is -1.00 e. The summed E-state index contributed by atoms with van der Waals surface area (Å²) in [5.74, 6) is 0.867. The first-order valence-corrected chi connectivity index (χ1v) is 9.01. The Morgan fingerprint density at radius 1 is 1.20 bits per heavy atom. The lowest BCUT2D eigenvalue weighted by molar-refractivity contribution is -0.00000523. The van der Waals surface area contributed by atoms with E-state index in [1.165, 1.54) is 0 Å². The van der Waals surface area contributed by atoms with E-state index >= 15 is 0 Å². The van der Waals surface area contributed by atoms with Crippen LogP contribution in [0.3, 0.4) is 0 Å². The number of nitrogens with zero attached hydrogens (tertiary/aromatic N) is 4. The molecule has 0 spiro atoms. The first-order valence-electron chi connectivity index (χ1n) is 8.13. The summed E-state index contributed by atoms with van der Waals surface area (Å²) in [7, 11) is 3.84. The standard InChI is InChI=1S/C18H24N4OS.BrH/c1-4-9-22-17(15-5-7-16(23-3)8-6-15)14-24-18(22)19-21-12-10-20(2)11-13-21;/h4-8,14H,1,9-13H2,2-3H3;1H/p-1/b19-18-;. The highest BCUT2D eigenvalue weighted by molar-refractivity contribution is 7.07. The molecule has 0 saturated carbocycles. The van der Waals surface area contributed by atoms with Gasteiger partial charge >= 0.3 is 0 Å². The minimum absolute atomic E-state index is 0. The second kappa shape index (κ2) is 9.22. The molecule has 0 bridgehead atoms. The number of allylic oxidation sites excluding steroid dienone is 1. The van der Waals surface area contributed by atoms with Crippen LogP contribution < -0.4 is 26.5 Å². The van der Waals surface area contributed by atoms with Crippen LogP contribution >= 0.6 is 11.3 Å². The van der Waals surface area contributed by atoms with Gasteiger partial charge in [0.2, 0.25) is 4.80 Å². The number of benzene rings is 1. The first kappa shape index (κ1) is 19.8. The fourth-order valence-electron chi connectivity index (χ4n) is 2.72. The Balaban J connectivity index is 0.00000225. The van der Waals surface area contributed by atoms with Crippen LogP contribution in [0.15, 0.2) is 47.4 Å². The molecule has 7 heteroatoms. The van der Waals surface area contributed by atoms with Crippen LogP contribution in [-0.4, -0.2) is 54.8 Å². The van der Waals surface area contributed by atoms with Crippen LogP contribution in [0.1, 0.15) is 0 Å². The fourth-order valence-corrected chi connectivity index (χ4v) is 3.67. The molecule has 1 saturated heterocycles. The maximum Gasteiger partial charge on any atom is 0.208 e. The van der Waals surface area contributed by atoms with Gasteiger partial charge in [-0.2, -0.15) is 0 Å². The van der Waals surface area contributed by atoms with Crippen molar-refractivity contribution >= 4 is 11.3 Å². The van der Waals surface area contributed by atoms with E-state index in [0.717, 1.165) is 54.5 Å². The lowest BCUT2D eigenvalue weighted by atomic mass is 10.1. The average molecular weight is 424 g/mol. The average Bonchev–Trinajstić information content (AvgIpc) is 3.00. The number of hydrogen-bond donors (Lipinski definition) is 0. The Kier molecular flexibility index (Phi) is 7.28. The predicted molar refractivity (Wildman–Crippen MR) is 99.1 cm³/mol. The largest absolute Gasteiger partial charge is 1.00 e. The molecule has 1 fully saturated rings. The number of likely N-dealkylation sites (N-methyl/N-ethyl adjacent to an activating group) is 1. The molecule has 136 valence electrons. The Morgan fingerprint density at radius 3 is 2.48 bits per heavy atom. The van der Waals surface area contributed by atoms with Crippen LogP contribution in [0.25, 0.3) is 11.3 Å². The van der Waals surface area contributed by atoms with E-state index in [-0.39, 0.29) is 17.0 Å². The highest BCUT2D eigenvalue weighted by Crippen LogP contribution is 2.23. The maximum atomic E-state index is 5.25. The third-order valence-electron chi connectivity index (χ3n) is 4.20. The highest BCUT2D eigenvalue weighted by atomic mass is 79.9. The second-order valence-corrected chi connectivity index (χ2v) is 6.72. The summed E-state index contributed by atoms with van der Waals surface area (Å²) in [5, 5.41) is 9.20. The summed E-state index contributed by atoms with van der Waals surface area (Å²) in [4.78, 5) is 3.35. The molecular weight excluding hydrogens is 400 g/mol. The van der Waals surface area contributed by atoms with Crippen molar-refractivity contribution in [1.82, 2.24) is 14.5 Å². The molecule has 5 nitrogen and oxygen atoms in total. The Bertz CT molecular complexity index is 745. The van der Waals surface area contributed by atoms with Crippen LogP contribution in [0, 0.1) is 0 Å². The molecule has 3 rings (SSSR count). The molecule has 0 unspecified atom stereocenters. The number of thiazole rings is 1. The number of rotatable bonds is 5. The zero-order valence-electron chi connectivity index (χ0n) is 14.7. The van der Waals surface area contributed by atoms with E-state index in [2.05, 4.69) is 45.6 Å². The lowest BCUT2D eigenvalue weighted by Crippen LogP contribution is -3.00. The molecule has 0 amide bonds. The Labute approximate surface area is 163 Å². The van der Waals surface area contributed by atoms with Crippen molar-refractivity contribution in [2.45, 2.75) is 6.54 Å². The topological polar surface area (TPSA) is 33.0 Å². The monoisotopic (exact) mass is 423 g/mol. The molecule has 1 aliphatic rings. The molecule has 2 aromatic rings. The van der Waals surface area contributed by atoms with Crippen molar-refractivity contribution in [2.24, 2.45) is 5.10 Å². The second-order valence-electron chi connectivity index (χ2n) is 5.89. The Hall–Kier alpha value is -1.57. The van der Waals surface area contributed by atoms with Crippen molar-refractivity contribution in [3.63, 3.8) is 0 Å². The molecule has 2 heterocycles. The molecule has 0 atom stereocenters. The summed E-state index contributed by atoms with van der Waals surface area (Å²) in [6.07, 6.45) is 1.92. The normalized spacial score (nSPS) is 15.8. The van der Waals surface area contributed by atoms with Crippen LogP contribution in [0.5, 0.6) is 5.75 Å². The predicted octanol–water partition coefficient (Wildman–Crippen LogP) is -0.522. The van der Waals surface area contributed by atoms with Crippen LogP contribution in [0.2, 0.25) is 0 Å². The molecule has 25 heavy (non-hydrogen) atoms. The molecule has 0 radical (unpaired) electrons. The van der Waals surface area contributed by atoms with Crippen molar-refractivity contribution < 1.29 is 21.7 Å². The van der Waals surface area contributed by atoms with Crippen LogP contribution in [0.4, 0.5) is 0 Å². The van der Waals surface area contributed by atoms with Gasteiger partial charge in [0, 0.05) is 38.1 Å². The quantitative estimate of drug-likeness (QED) is 0.606. The smallest absolute Gasteiger partial charge is 0.208 e. The number of hydrogen-bond acceptors (Lipinski definition) is 5. The third kappa shape index (κ3) is 4.74. The van der Waals surface area contributed by atoms with E-state index < -0.39 is 0 Å². The van der Waals surface area contributed by atoms with E-state index in [1.54, 1.807) is 18.4 Å². The Morgan fingerprint density at radius 2 is 1.88 bits per heavy atom. The molecule has 1 aliphatic heterocycles. The van der Waals surface area contributed by atoms with Gasteiger partial charge < -0.3 is 31.2 Å². The SMILES string of the molecule is C=CCn1c(-c2ccc(OC)cc2)cs/c1=N\N1CCN(C)CC1.[Br-]. The van der Waals surface area contributed by atoms with Gasteiger partial charge in [0.05, 0.1) is 12.8 Å². The van der Waals surface area contributed by atoms with Gasteiger partial charge in [-0.25, -0.2) is 0 Å². The molecule has 0 N–H and O–H groups in total. The first-order chi connectivity index (χ1) is 11.7. The summed E-state index contributed by atoms with van der Waals surface area (Å²) >= 11 is 1.68. The molecule has 1 aromatic heterocycles. The molecule has 1 aromatic carbocycles. The van der Waals surface area contributed by atoms with E-state index in [9.17, 15) is 0 Å². The fraction of sp³-hybridized carbons (Fsp3) is 0.389. The van der Waals surface area contributed by atoms with Crippen molar-refractivity contribution in [1.29, 1.82) is 0 Å². The lowest BCUT2D eigenvalue weighted by Gasteiger charge is -2.29. The van der Waals surface area contributed by atoms with Crippen LogP contribution in [-0.2, 0) is 6.54 Å². The van der Waals surface area contributed by atoms with Gasteiger partial charge in [0.25, 0.3) is 0 Å². The van der Waals surface area contributed by atoms with Crippen molar-refractivity contribution in [3.8, 4) is 17.0 Å². The zero-order valence-corrected chi connectivity index (χ0v) is 17.1. The van der Waals surface area contributed by atoms with Gasteiger partial charge in [0.1, 0.15) is 5.75 Å². The number of ether oxygens (including phenoxy) is 1. The highest BCUT2D eigenvalue weighted by Gasteiger charge is 2.13. The van der Waals surface area contributed by atoms with Gasteiger partial charge in [-0.3, -0.25) is 5.01 Å². The third-order valence-corrected chi connectivity index (χ3v) is 5.06. The number of methoxy groups -OCH3 is 1. The van der Waals surface area contributed by atoms with Gasteiger partial charge in [0.15, 0.2) is 0 Å². The maximum absolute atomic E-state index is 5.25. The summed E-state index contributed by atoms with van der Waals surface area (Å²) in [6, 6.07) is 8.14. The minimum atomic E-state index is 0. The summed E-state index contributed by atoms with van der Waals surface area (Å²) < 4.78 is 7.47. The number of halogens is 1. The van der Waals surface area contributed by atoms with Crippen molar-refractivity contribution in [2.75, 3.05) is 40.3 Å². The number of aromatic nitrogens is 1. The van der Waals surface area contributed by atoms with Gasteiger partial charge in [-0.1, -0.05) is 6.08 Å². The van der Waals surface area contributed by atoms with E-state index in [0.29, 0.717) is 0 Å². The van der Waals surface area contributed by atoms with Gasteiger partial charge in [-0.15, -0.1) is 23.0 Å². The van der Waals surface area contributed by atoms with E-state index in [4.69, 9.17) is 9.84 Å².